The quantitative estimate of drug-likeness (QED) is 0.618. The molecule has 5 N–H and O–H groups in total. The lowest BCUT2D eigenvalue weighted by Crippen LogP contribution is -2.32. The van der Waals surface area contributed by atoms with Crippen LogP contribution in [-0.2, 0) is 0 Å². The Kier molecular flexibility index (Phi) is 4.97. The highest BCUT2D eigenvalue weighted by Crippen LogP contribution is 2.22. The van der Waals surface area contributed by atoms with E-state index < -0.39 is 0 Å². The van der Waals surface area contributed by atoms with Crippen LogP contribution in [0.25, 0.3) is 0 Å². The Bertz CT molecular complexity index is 794. The highest BCUT2D eigenvalue weighted by molar-refractivity contribution is 7.23. The Morgan fingerprint density at radius 2 is 2.17 bits per heavy atom. The third-order valence-corrected chi connectivity index (χ3v) is 4.83. The van der Waals surface area contributed by atoms with Gasteiger partial charge in [-0.25, -0.2) is 5.10 Å². The molecule has 1 aliphatic heterocycles. The van der Waals surface area contributed by atoms with Gasteiger partial charge in [-0.2, -0.15) is 5.10 Å². The Morgan fingerprint density at radius 1 is 1.42 bits per heavy atom. The van der Waals surface area contributed by atoms with Crippen molar-refractivity contribution in [1.82, 2.24) is 15.5 Å². The number of aromatic amines is 1. The molecule has 1 aromatic carbocycles. The largest absolute Gasteiger partial charge is 0.382 e. The molecule has 2 heterocycles. The fourth-order valence-corrected chi connectivity index (χ4v) is 3.33. The van der Waals surface area contributed by atoms with Gasteiger partial charge in [-0.1, -0.05) is 29.8 Å². The molecule has 3 rings (SSSR count). The summed E-state index contributed by atoms with van der Waals surface area (Å²) in [5.41, 5.74) is 8.93. The van der Waals surface area contributed by atoms with Crippen LogP contribution in [0.15, 0.2) is 29.1 Å². The summed E-state index contributed by atoms with van der Waals surface area (Å²) < 4.78 is 0. The Balaban J connectivity index is 1.93. The smallest absolute Gasteiger partial charge is 0.288 e. The van der Waals surface area contributed by atoms with Gasteiger partial charge in [-0.3, -0.25) is 4.79 Å². The van der Waals surface area contributed by atoms with Gasteiger partial charge in [0.1, 0.15) is 5.69 Å². The summed E-state index contributed by atoms with van der Waals surface area (Å²) in [5, 5.41) is 13.8. The summed E-state index contributed by atoms with van der Waals surface area (Å²) in [4.78, 5) is 12.3. The molecule has 0 saturated carbocycles. The summed E-state index contributed by atoms with van der Waals surface area (Å²) in [7, 11) is 3.66. The minimum Gasteiger partial charge on any atom is -0.382 e. The maximum atomic E-state index is 12.3. The normalized spacial score (nSPS) is 17.0. The van der Waals surface area contributed by atoms with E-state index in [4.69, 9.17) is 5.73 Å². The lowest BCUT2D eigenvalue weighted by molar-refractivity contribution is 0.633. The molecule has 0 unspecified atom stereocenters. The molecule has 1 fully saturated rings. The van der Waals surface area contributed by atoms with Crippen molar-refractivity contribution in [2.24, 2.45) is 0 Å². The molecule has 2 aromatic rings. The maximum Gasteiger partial charge on any atom is 0.288 e. The van der Waals surface area contributed by atoms with Gasteiger partial charge >= 0.3 is 0 Å². The van der Waals surface area contributed by atoms with Crippen LogP contribution in [0.1, 0.15) is 29.5 Å². The molecule has 1 aromatic heterocycles. The number of nitrogens with zero attached hydrogens (tertiary/aromatic N) is 1. The van der Waals surface area contributed by atoms with Crippen molar-refractivity contribution in [3.8, 4) is 0 Å². The molecule has 0 amide bonds. The first-order valence-electron chi connectivity index (χ1n) is 8.07. The molecule has 1 saturated heterocycles. The number of nitrogens with one attached hydrogen (secondary N) is 3. The number of hydrogen-bond acceptors (Lipinski definition) is 5. The number of aromatic nitrogens is 2. The van der Waals surface area contributed by atoms with Gasteiger partial charge < -0.3 is 16.4 Å². The average molecular weight is 343 g/mol. The van der Waals surface area contributed by atoms with Gasteiger partial charge in [0.05, 0.1) is 5.56 Å². The van der Waals surface area contributed by atoms with Crippen LogP contribution in [0, 0.1) is 6.92 Å². The molecule has 1 atom stereocenters. The molecule has 0 aliphatic carbocycles. The molecule has 0 bridgehead atoms. The Hall–Kier alpha value is -2.17. The van der Waals surface area contributed by atoms with Crippen molar-refractivity contribution < 1.29 is 0 Å². The van der Waals surface area contributed by atoms with Crippen LogP contribution in [0.5, 0.6) is 0 Å². The van der Waals surface area contributed by atoms with E-state index in [2.05, 4.69) is 29.7 Å². The van der Waals surface area contributed by atoms with Crippen LogP contribution in [0.4, 0.5) is 11.5 Å². The molecule has 126 valence electrons. The molecule has 1 aliphatic rings. The minimum atomic E-state index is -0.278. The molecule has 6 nitrogen and oxygen atoms in total. The number of benzene rings is 1. The van der Waals surface area contributed by atoms with Crippen LogP contribution >= 0.6 is 8.86 Å². The second-order valence-corrected chi connectivity index (χ2v) is 6.60. The van der Waals surface area contributed by atoms with E-state index in [9.17, 15) is 4.79 Å². The number of anilines is 2. The van der Waals surface area contributed by atoms with E-state index in [1.807, 2.05) is 31.2 Å². The second-order valence-electron chi connectivity index (χ2n) is 6.10. The van der Waals surface area contributed by atoms with E-state index >= 15 is 0 Å². The molecule has 7 heteroatoms. The van der Waals surface area contributed by atoms with E-state index in [1.165, 1.54) is 5.56 Å². The summed E-state index contributed by atoms with van der Waals surface area (Å²) in [6.45, 7) is 3.72. The Labute approximate surface area is 143 Å². The average Bonchev–Trinajstić information content (AvgIpc) is 3.09. The lowest BCUT2D eigenvalue weighted by Gasteiger charge is -2.17. The van der Waals surface area contributed by atoms with Crippen molar-refractivity contribution in [3.63, 3.8) is 0 Å². The first kappa shape index (κ1) is 16.7. The van der Waals surface area contributed by atoms with Crippen LogP contribution in [0.3, 0.4) is 0 Å². The van der Waals surface area contributed by atoms with Crippen molar-refractivity contribution in [2.75, 3.05) is 24.1 Å². The number of rotatable bonds is 5. The first-order chi connectivity index (χ1) is 11.6. The van der Waals surface area contributed by atoms with Crippen molar-refractivity contribution in [2.45, 2.75) is 25.8 Å². The molecule has 0 radical (unpaired) electrons. The van der Waals surface area contributed by atoms with Crippen LogP contribution in [-0.4, -0.2) is 34.6 Å². The predicted octanol–water partition coefficient (Wildman–Crippen LogP) is 1.54. The summed E-state index contributed by atoms with van der Waals surface area (Å²) in [6, 6.07) is 8.37. The third-order valence-electron chi connectivity index (χ3n) is 4.29. The predicted molar refractivity (Wildman–Crippen MR) is 101 cm³/mol. The van der Waals surface area contributed by atoms with Gasteiger partial charge in [-0.15, -0.1) is 8.86 Å². The number of H-pyrrole nitrogens is 1. The van der Waals surface area contributed by atoms with Crippen molar-refractivity contribution >= 4 is 25.7 Å². The van der Waals surface area contributed by atoms with E-state index in [1.54, 1.807) is 0 Å². The van der Waals surface area contributed by atoms with Crippen molar-refractivity contribution in [3.05, 3.63) is 51.3 Å². The van der Waals surface area contributed by atoms with E-state index in [0.29, 0.717) is 23.8 Å². The summed E-state index contributed by atoms with van der Waals surface area (Å²) in [5.74, 6) is 0.280. The van der Waals surface area contributed by atoms with Crippen LogP contribution < -0.4 is 21.9 Å². The molecular weight excluding hydrogens is 321 g/mol. The van der Waals surface area contributed by atoms with E-state index in [-0.39, 0.29) is 11.4 Å². The Morgan fingerprint density at radius 3 is 2.83 bits per heavy atom. The topological polar surface area (TPSA) is 95.8 Å². The van der Waals surface area contributed by atoms with Gasteiger partial charge in [0.25, 0.3) is 5.56 Å². The number of nitrogen functional groups attached to an aromatic ring is 1. The van der Waals surface area contributed by atoms with E-state index in [0.717, 1.165) is 30.2 Å². The zero-order valence-electron chi connectivity index (χ0n) is 13.6. The van der Waals surface area contributed by atoms with Crippen molar-refractivity contribution in [1.29, 1.82) is 0 Å². The lowest BCUT2D eigenvalue weighted by atomic mass is 10.0. The number of aryl methyl sites for hydroxylation is 1. The fourth-order valence-electron chi connectivity index (χ4n) is 2.91. The zero-order chi connectivity index (χ0) is 17.1. The van der Waals surface area contributed by atoms with Gasteiger partial charge in [0.2, 0.25) is 0 Å². The summed E-state index contributed by atoms with van der Waals surface area (Å²) in [6.07, 6.45) is 2.26. The van der Waals surface area contributed by atoms with Gasteiger partial charge in [0, 0.05) is 17.9 Å². The van der Waals surface area contributed by atoms with Crippen LogP contribution in [0.2, 0.25) is 0 Å². The summed E-state index contributed by atoms with van der Waals surface area (Å²) >= 11 is 0. The second kappa shape index (κ2) is 7.16. The third kappa shape index (κ3) is 3.50. The zero-order valence-corrected chi connectivity index (χ0v) is 14.6. The number of hydrogen-bond donors (Lipinski definition) is 4. The monoisotopic (exact) mass is 343 g/mol. The fraction of sp³-hybridized carbons (Fsp3) is 0.353. The van der Waals surface area contributed by atoms with Gasteiger partial charge in [-0.05, 0) is 31.9 Å². The molecule has 0 spiro atoms. The maximum absolute atomic E-state index is 12.3. The first-order valence-corrected chi connectivity index (χ1v) is 8.57. The highest BCUT2D eigenvalue weighted by atomic mass is 31.0. The number of nitrogens with two attached hydrogens (primary N) is 1. The SMILES string of the molecule is Cc1ccc(C(=P)c2c(N)n[nH]c(=O)c2NC[C@@H]2CCCN2)cc1. The molecule has 24 heavy (non-hydrogen) atoms. The van der Waals surface area contributed by atoms with Gasteiger partial charge in [0.15, 0.2) is 5.82 Å². The standard InChI is InChI=1S/C17H22N5OP/c1-10-4-6-11(7-5-10)15(24)13-14(17(23)22-21-16(13)18)20-9-12-3-2-8-19-12/h4-7,12,19,24H,2-3,8-9H2,1H3,(H,22,23)(H3,18,20,21)/t12-/m0/s1. The minimum absolute atomic E-state index is 0.278. The highest BCUT2D eigenvalue weighted by Gasteiger charge is 2.19. The molecular formula is C17H22N5OP.